The zero-order chi connectivity index (χ0) is 0. The van der Waals surface area contributed by atoms with Crippen LogP contribution in [-0.2, 0) is 60.6 Å². The quantitative estimate of drug-likeness (QED) is 0.483. The van der Waals surface area contributed by atoms with E-state index < -0.39 is 0 Å². The van der Waals surface area contributed by atoms with Gasteiger partial charge in [0.25, 0.3) is 0 Å². The van der Waals surface area contributed by atoms with Gasteiger partial charge in [0.1, 0.15) is 0 Å². The predicted molar refractivity (Wildman–Crippen MR) is 5.75 cm³/mol. The van der Waals surface area contributed by atoms with E-state index in [4.69, 9.17) is 0 Å². The Morgan fingerprint density at radius 3 is 1.00 bits per heavy atom. The largest absolute Gasteiger partial charge is 0 e. The average molecular weight is 216 g/mol. The standard InChI is InChI=1S/Be.Cr.Cu.Zr. The maximum absolute atomic E-state index is 0. The number of rotatable bonds is 0. The third-order valence-corrected chi connectivity index (χ3v) is 0. The molecule has 0 aliphatic heterocycles. The Bertz CT molecular complexity index is 8.00. The Morgan fingerprint density at radius 2 is 1.00 bits per heavy atom. The van der Waals surface area contributed by atoms with Crippen LogP contribution in [0.5, 0.6) is 0 Å². The molecule has 0 saturated carbocycles. The van der Waals surface area contributed by atoms with Gasteiger partial charge in [-0.05, 0) is 0 Å². The second-order valence-electron chi connectivity index (χ2n) is 0. The van der Waals surface area contributed by atoms with Gasteiger partial charge in [-0.3, -0.25) is 0 Å². The molecule has 0 atom stereocenters. The first kappa shape index (κ1) is 35.9. The molecule has 0 saturated heterocycles. The van der Waals surface area contributed by atoms with Crippen molar-refractivity contribution < 1.29 is 60.6 Å². The van der Waals surface area contributed by atoms with Crippen LogP contribution in [0.15, 0.2) is 0 Å². The Hall–Kier alpha value is 2.10. The van der Waals surface area contributed by atoms with E-state index in [-0.39, 0.29) is 70.8 Å². The van der Waals surface area contributed by atoms with Crippen molar-refractivity contribution in [2.24, 2.45) is 0 Å². The van der Waals surface area contributed by atoms with Gasteiger partial charge >= 0.3 is 0 Å². The Morgan fingerprint density at radius 1 is 1.00 bits per heavy atom. The Labute approximate surface area is 70.1 Å². The monoisotopic (exact) mass is 214 g/mol. The fourth-order valence-corrected chi connectivity index (χ4v) is 0. The van der Waals surface area contributed by atoms with Crippen LogP contribution in [0.25, 0.3) is 0 Å². The van der Waals surface area contributed by atoms with E-state index in [9.17, 15) is 0 Å². The van der Waals surface area contributed by atoms with Crippen molar-refractivity contribution in [3.05, 3.63) is 0 Å². The molecule has 0 N–H and O–H groups in total. The van der Waals surface area contributed by atoms with Crippen molar-refractivity contribution in [3.63, 3.8) is 0 Å². The van der Waals surface area contributed by atoms with Crippen LogP contribution in [0.4, 0.5) is 0 Å². The van der Waals surface area contributed by atoms with Gasteiger partial charge in [-0.25, -0.2) is 0 Å². The van der Waals surface area contributed by atoms with Gasteiger partial charge in [-0.2, -0.15) is 0 Å². The summed E-state index contributed by atoms with van der Waals surface area (Å²) < 4.78 is 0. The summed E-state index contributed by atoms with van der Waals surface area (Å²) in [6.45, 7) is 0. The van der Waals surface area contributed by atoms with E-state index in [0.717, 1.165) is 0 Å². The van der Waals surface area contributed by atoms with Crippen LogP contribution >= 0.6 is 0 Å². The van der Waals surface area contributed by atoms with E-state index in [2.05, 4.69) is 0 Å². The molecule has 0 fully saturated rings. The van der Waals surface area contributed by atoms with Gasteiger partial charge in [0.05, 0.1) is 0 Å². The maximum Gasteiger partial charge on any atom is 0 e. The molecule has 3 radical (unpaired) electrons. The number of hydrogen-bond donors (Lipinski definition) is 0. The summed E-state index contributed by atoms with van der Waals surface area (Å²) in [4.78, 5) is 0. The zero-order valence-electron chi connectivity index (χ0n) is 1.92. The normalized spacial score (nSPS) is 0. The predicted octanol–water partition coefficient (Wildman–Crippen LogP) is -0.388. The molecular formula is BeCrCuZr. The van der Waals surface area contributed by atoms with Crippen LogP contribution in [0.2, 0.25) is 0 Å². The molecule has 0 unspecified atom stereocenters. The van der Waals surface area contributed by atoms with E-state index in [1.54, 1.807) is 0 Å². The SMILES string of the molecule is [Be].[Cr].[Cu].[Zr]. The smallest absolute Gasteiger partial charge is 0 e. The van der Waals surface area contributed by atoms with Gasteiger partial charge in [-0.15, -0.1) is 0 Å². The molecule has 0 spiro atoms. The van der Waals surface area contributed by atoms with Crippen LogP contribution in [0.3, 0.4) is 0 Å². The third-order valence-electron chi connectivity index (χ3n) is 0. The Balaban J connectivity index is 0. The van der Waals surface area contributed by atoms with Crippen molar-refractivity contribution in [2.75, 3.05) is 0 Å². The topological polar surface area (TPSA) is 0 Å². The van der Waals surface area contributed by atoms with E-state index in [0.29, 0.717) is 0 Å². The summed E-state index contributed by atoms with van der Waals surface area (Å²) in [5, 5.41) is 0. The maximum atomic E-state index is 0. The minimum absolute atomic E-state index is 0. The number of hydrogen-bond acceptors (Lipinski definition) is 0. The van der Waals surface area contributed by atoms with Gasteiger partial charge in [-0.1, -0.05) is 0 Å². The molecule has 0 heterocycles. The first-order valence-electron chi connectivity index (χ1n) is 0. The van der Waals surface area contributed by atoms with Crippen molar-refractivity contribution in [1.29, 1.82) is 0 Å². The van der Waals surface area contributed by atoms with Gasteiger partial charge < -0.3 is 0 Å². The second-order valence-corrected chi connectivity index (χ2v) is 0. The summed E-state index contributed by atoms with van der Waals surface area (Å²) in [7, 11) is 0. The molecule has 0 bridgehead atoms. The molecule has 0 aromatic heterocycles. The van der Waals surface area contributed by atoms with Gasteiger partial charge in [0.15, 0.2) is 0 Å². The average Bonchev–Trinajstić information content (AvgIpc) is 0. The van der Waals surface area contributed by atoms with Crippen LogP contribution in [0, 0.1) is 0 Å². The third kappa shape index (κ3) is 8.93. The summed E-state index contributed by atoms with van der Waals surface area (Å²) in [5.41, 5.74) is 0. The van der Waals surface area contributed by atoms with Crippen LogP contribution in [-0.4, -0.2) is 10.1 Å². The van der Waals surface area contributed by atoms with Crippen molar-refractivity contribution in [3.8, 4) is 0 Å². The van der Waals surface area contributed by atoms with Gasteiger partial charge in [0, 0.05) is 70.8 Å². The van der Waals surface area contributed by atoms with Crippen LogP contribution < -0.4 is 0 Å². The molecule has 0 rings (SSSR count). The molecule has 4 heavy (non-hydrogen) atoms. The summed E-state index contributed by atoms with van der Waals surface area (Å²) in [6, 6.07) is 0. The van der Waals surface area contributed by atoms with E-state index in [1.807, 2.05) is 0 Å². The first-order chi connectivity index (χ1) is 0. The molecule has 0 aliphatic rings. The zero-order valence-corrected chi connectivity index (χ0v) is 6.59. The van der Waals surface area contributed by atoms with E-state index in [1.165, 1.54) is 0 Å². The Kier molecular flexibility index (Phi) is 174. The summed E-state index contributed by atoms with van der Waals surface area (Å²) >= 11 is 0. The van der Waals surface area contributed by atoms with E-state index >= 15 is 0 Å². The molecule has 0 aliphatic carbocycles. The van der Waals surface area contributed by atoms with Crippen LogP contribution in [0.1, 0.15) is 0 Å². The molecule has 0 amide bonds. The molecule has 0 aromatic carbocycles. The molecule has 0 aromatic rings. The molecule has 0 nitrogen and oxygen atoms in total. The second kappa shape index (κ2) is 19.4. The minimum Gasteiger partial charge on any atom is 0 e. The fourth-order valence-electron chi connectivity index (χ4n) is 0. The minimum atomic E-state index is 0. The molecule has 23 valence electrons. The van der Waals surface area contributed by atoms with Gasteiger partial charge in [0.2, 0.25) is 0 Å². The van der Waals surface area contributed by atoms with Crippen molar-refractivity contribution in [2.45, 2.75) is 0 Å². The molecular weight excluding hydrogens is 216 g/mol. The van der Waals surface area contributed by atoms with Crippen molar-refractivity contribution >= 4 is 10.1 Å². The molecule has 4 heteroatoms. The first-order valence-corrected chi connectivity index (χ1v) is 0. The summed E-state index contributed by atoms with van der Waals surface area (Å²) in [5.74, 6) is 0. The van der Waals surface area contributed by atoms with Crippen molar-refractivity contribution in [1.82, 2.24) is 0 Å². The fraction of sp³-hybridized carbons (Fsp3) is 0. The summed E-state index contributed by atoms with van der Waals surface area (Å²) in [6.07, 6.45) is 0.